The number of para-hydroxylation sites is 1. The number of furan rings is 1. The molecular weight excluding hydrogens is 667 g/mol. The fraction of sp³-hybridized carbons (Fsp3) is 0.0189. The van der Waals surface area contributed by atoms with Crippen molar-refractivity contribution < 1.29 is 4.42 Å². The Bertz CT molecular complexity index is 3110. The number of hydrogen-bond donors (Lipinski definition) is 0. The van der Waals surface area contributed by atoms with Crippen LogP contribution in [0.25, 0.3) is 66.1 Å². The molecule has 256 valence electrons. The van der Waals surface area contributed by atoms with Crippen molar-refractivity contribution in [3.8, 4) is 33.4 Å². The number of benzene rings is 9. The van der Waals surface area contributed by atoms with E-state index in [4.69, 9.17) is 4.42 Å². The zero-order chi connectivity index (χ0) is 36.1. The van der Waals surface area contributed by atoms with E-state index in [0.29, 0.717) is 0 Å². The van der Waals surface area contributed by atoms with E-state index in [1.807, 2.05) is 0 Å². The van der Waals surface area contributed by atoms with Crippen molar-refractivity contribution in [3.05, 3.63) is 222 Å². The van der Waals surface area contributed by atoms with Gasteiger partial charge in [0.25, 0.3) is 0 Å². The summed E-state index contributed by atoms with van der Waals surface area (Å²) >= 11 is 0. The zero-order valence-corrected chi connectivity index (χ0v) is 29.9. The minimum atomic E-state index is -0.422. The number of nitrogens with zero attached hydrogens (tertiary/aromatic N) is 1. The van der Waals surface area contributed by atoms with Crippen molar-refractivity contribution in [1.29, 1.82) is 0 Å². The molecule has 1 aromatic heterocycles. The van der Waals surface area contributed by atoms with Gasteiger partial charge in [0.15, 0.2) is 0 Å². The highest BCUT2D eigenvalue weighted by Crippen LogP contribution is 2.64. The van der Waals surface area contributed by atoms with Crippen LogP contribution >= 0.6 is 0 Å². The topological polar surface area (TPSA) is 16.4 Å². The molecule has 1 spiro atoms. The third-order valence-corrected chi connectivity index (χ3v) is 12.0. The fourth-order valence-electron chi connectivity index (χ4n) is 9.90. The van der Waals surface area contributed by atoms with Crippen LogP contribution in [0.3, 0.4) is 0 Å². The lowest BCUT2D eigenvalue weighted by Gasteiger charge is -2.31. The first-order valence-electron chi connectivity index (χ1n) is 19.0. The van der Waals surface area contributed by atoms with Crippen LogP contribution in [-0.4, -0.2) is 0 Å². The summed E-state index contributed by atoms with van der Waals surface area (Å²) in [5, 5.41) is 4.63. The highest BCUT2D eigenvalue weighted by Gasteiger charge is 2.52. The van der Waals surface area contributed by atoms with Gasteiger partial charge in [0.2, 0.25) is 0 Å². The summed E-state index contributed by atoms with van der Waals surface area (Å²) < 4.78 is 6.82. The van der Waals surface area contributed by atoms with E-state index >= 15 is 0 Å². The second kappa shape index (κ2) is 11.4. The summed E-state index contributed by atoms with van der Waals surface area (Å²) in [5.41, 5.74) is 17.4. The van der Waals surface area contributed by atoms with Gasteiger partial charge in [-0.3, -0.25) is 0 Å². The Labute approximate surface area is 319 Å². The average Bonchev–Trinajstić information content (AvgIpc) is 3.89. The number of fused-ring (bicyclic) bond motifs is 15. The summed E-state index contributed by atoms with van der Waals surface area (Å²) in [7, 11) is 0. The maximum atomic E-state index is 6.82. The highest BCUT2D eigenvalue weighted by atomic mass is 16.3. The van der Waals surface area contributed by atoms with Crippen molar-refractivity contribution in [2.24, 2.45) is 0 Å². The third kappa shape index (κ3) is 4.08. The van der Waals surface area contributed by atoms with Crippen molar-refractivity contribution in [2.45, 2.75) is 5.41 Å². The lowest BCUT2D eigenvalue weighted by Crippen LogP contribution is -2.26. The van der Waals surface area contributed by atoms with Gasteiger partial charge in [-0.15, -0.1) is 0 Å². The molecule has 2 heteroatoms. The van der Waals surface area contributed by atoms with Gasteiger partial charge in [0.05, 0.1) is 11.1 Å². The molecule has 12 rings (SSSR count). The summed E-state index contributed by atoms with van der Waals surface area (Å²) in [6.07, 6.45) is 0. The zero-order valence-electron chi connectivity index (χ0n) is 29.9. The maximum absolute atomic E-state index is 6.82. The minimum absolute atomic E-state index is 0.422. The predicted molar refractivity (Wildman–Crippen MR) is 228 cm³/mol. The molecule has 0 saturated heterocycles. The molecule has 2 aliphatic rings. The second-order valence-electron chi connectivity index (χ2n) is 14.8. The molecule has 0 aliphatic heterocycles. The molecule has 0 radical (unpaired) electrons. The molecule has 2 aliphatic carbocycles. The number of hydrogen-bond acceptors (Lipinski definition) is 2. The highest BCUT2D eigenvalue weighted by molar-refractivity contribution is 6.23. The van der Waals surface area contributed by atoms with Gasteiger partial charge in [-0.05, 0) is 97.7 Å². The van der Waals surface area contributed by atoms with Crippen molar-refractivity contribution in [2.75, 3.05) is 4.90 Å². The van der Waals surface area contributed by atoms with E-state index in [9.17, 15) is 0 Å². The van der Waals surface area contributed by atoms with E-state index in [-0.39, 0.29) is 0 Å². The Morgan fingerprint density at radius 2 is 1.00 bits per heavy atom. The molecule has 0 fully saturated rings. The molecular formula is C53H33NO. The van der Waals surface area contributed by atoms with Crippen molar-refractivity contribution >= 4 is 49.8 Å². The van der Waals surface area contributed by atoms with Gasteiger partial charge in [-0.2, -0.15) is 0 Å². The van der Waals surface area contributed by atoms with Crippen molar-refractivity contribution in [1.82, 2.24) is 0 Å². The van der Waals surface area contributed by atoms with Gasteiger partial charge in [-0.25, -0.2) is 0 Å². The van der Waals surface area contributed by atoms with E-state index < -0.39 is 5.41 Å². The molecule has 0 unspecified atom stereocenters. The summed E-state index contributed by atoms with van der Waals surface area (Å²) in [6.45, 7) is 0. The van der Waals surface area contributed by atoms with Gasteiger partial charge in [0, 0.05) is 33.3 Å². The van der Waals surface area contributed by atoms with Gasteiger partial charge in [0.1, 0.15) is 11.2 Å². The Morgan fingerprint density at radius 3 is 1.75 bits per heavy atom. The molecule has 9 aromatic carbocycles. The first-order chi connectivity index (χ1) is 27.3. The Morgan fingerprint density at radius 1 is 0.400 bits per heavy atom. The molecule has 1 heterocycles. The Balaban J connectivity index is 1.15. The molecule has 0 amide bonds. The van der Waals surface area contributed by atoms with E-state index in [2.05, 4.69) is 205 Å². The molecule has 0 atom stereocenters. The Kier molecular flexibility index (Phi) is 6.29. The fourth-order valence-corrected chi connectivity index (χ4v) is 9.90. The standard InChI is InChI=1S/C53H33NO/c1-3-16-34(17-4-1)42-32-35-18-7-8-21-38(35)50-43-33-37(30-31-49(43)55-52(42)50)54(36-19-5-2-6-20-36)48-29-15-28-47-51(48)41-24-11-14-27-46(41)53(47)44-25-12-9-22-39(44)40-23-10-13-26-45(40)53/h1-33H. The predicted octanol–water partition coefficient (Wildman–Crippen LogP) is 14.2. The molecule has 55 heavy (non-hydrogen) atoms. The van der Waals surface area contributed by atoms with Crippen LogP contribution in [0.4, 0.5) is 17.1 Å². The first-order valence-corrected chi connectivity index (χ1v) is 19.0. The monoisotopic (exact) mass is 699 g/mol. The van der Waals surface area contributed by atoms with E-state index in [0.717, 1.165) is 50.1 Å². The molecule has 0 bridgehead atoms. The van der Waals surface area contributed by atoms with Crippen LogP contribution in [0.2, 0.25) is 0 Å². The maximum Gasteiger partial charge on any atom is 0.143 e. The third-order valence-electron chi connectivity index (χ3n) is 12.0. The molecule has 10 aromatic rings. The lowest BCUT2D eigenvalue weighted by atomic mass is 9.70. The SMILES string of the molecule is c1ccc(-c2cc3ccccc3c3c2oc2ccc(N(c4ccccc4)c4cccc5c4-c4ccccc4C54c5ccccc5-c5ccccc54)cc23)cc1. The molecule has 0 N–H and O–H groups in total. The van der Waals surface area contributed by atoms with Crippen LogP contribution in [0.1, 0.15) is 22.3 Å². The van der Waals surface area contributed by atoms with Crippen LogP contribution in [0, 0.1) is 0 Å². The van der Waals surface area contributed by atoms with Crippen LogP contribution in [0.5, 0.6) is 0 Å². The number of rotatable bonds is 4. The van der Waals surface area contributed by atoms with Crippen molar-refractivity contribution in [3.63, 3.8) is 0 Å². The largest absolute Gasteiger partial charge is 0.455 e. The Hall–Kier alpha value is -7.16. The van der Waals surface area contributed by atoms with Gasteiger partial charge in [-0.1, -0.05) is 158 Å². The van der Waals surface area contributed by atoms with Gasteiger partial charge < -0.3 is 9.32 Å². The smallest absolute Gasteiger partial charge is 0.143 e. The number of anilines is 3. The average molecular weight is 700 g/mol. The van der Waals surface area contributed by atoms with Crippen LogP contribution in [-0.2, 0) is 5.41 Å². The normalized spacial score (nSPS) is 13.2. The summed E-state index contributed by atoms with van der Waals surface area (Å²) in [4.78, 5) is 2.45. The van der Waals surface area contributed by atoms with Gasteiger partial charge >= 0.3 is 0 Å². The van der Waals surface area contributed by atoms with Crippen LogP contribution < -0.4 is 4.90 Å². The van der Waals surface area contributed by atoms with E-state index in [1.54, 1.807) is 0 Å². The lowest BCUT2D eigenvalue weighted by molar-refractivity contribution is 0.670. The summed E-state index contributed by atoms with van der Waals surface area (Å²) in [5.74, 6) is 0. The molecule has 2 nitrogen and oxygen atoms in total. The quantitative estimate of drug-likeness (QED) is 0.182. The summed E-state index contributed by atoms with van der Waals surface area (Å²) in [6, 6.07) is 73.1. The van der Waals surface area contributed by atoms with E-state index in [1.165, 1.54) is 55.3 Å². The molecule has 0 saturated carbocycles. The second-order valence-corrected chi connectivity index (χ2v) is 14.8. The van der Waals surface area contributed by atoms with Crippen LogP contribution in [0.15, 0.2) is 205 Å². The first kappa shape index (κ1) is 30.3. The minimum Gasteiger partial charge on any atom is -0.455 e.